The lowest BCUT2D eigenvalue weighted by molar-refractivity contribution is 0.102. The maximum absolute atomic E-state index is 12.9. The van der Waals surface area contributed by atoms with Crippen LogP contribution >= 0.6 is 11.6 Å². The number of carbonyl (C=O) groups excluding carboxylic acids is 1. The van der Waals surface area contributed by atoms with Crippen molar-refractivity contribution in [3.8, 4) is 17.0 Å². The van der Waals surface area contributed by atoms with Crippen molar-refractivity contribution in [3.05, 3.63) is 82.6 Å². The molecule has 0 aliphatic rings. The molecule has 0 spiro atoms. The van der Waals surface area contributed by atoms with Crippen molar-refractivity contribution in [2.45, 2.75) is 13.5 Å². The molecule has 7 nitrogen and oxygen atoms in total. The van der Waals surface area contributed by atoms with Crippen molar-refractivity contribution in [1.29, 1.82) is 0 Å². The molecule has 2 aromatic carbocycles. The van der Waals surface area contributed by atoms with Crippen LogP contribution in [0.5, 0.6) is 5.75 Å². The molecule has 2 heterocycles. The van der Waals surface area contributed by atoms with Crippen LogP contribution in [0.1, 0.15) is 21.6 Å². The van der Waals surface area contributed by atoms with Crippen LogP contribution in [-0.2, 0) is 6.54 Å². The number of aromatic amines is 1. The van der Waals surface area contributed by atoms with Gasteiger partial charge < -0.3 is 10.1 Å². The lowest BCUT2D eigenvalue weighted by Gasteiger charge is -2.05. The van der Waals surface area contributed by atoms with Gasteiger partial charge in [0.15, 0.2) is 5.82 Å². The number of aryl methyl sites for hydroxylation is 1. The van der Waals surface area contributed by atoms with Crippen LogP contribution in [0.15, 0.2) is 60.7 Å². The Labute approximate surface area is 178 Å². The van der Waals surface area contributed by atoms with E-state index in [0.29, 0.717) is 29.4 Å². The molecule has 8 heteroatoms. The lowest BCUT2D eigenvalue weighted by Crippen LogP contribution is -2.13. The van der Waals surface area contributed by atoms with E-state index in [1.807, 2.05) is 54.6 Å². The minimum absolute atomic E-state index is 0.286. The Balaban J connectivity index is 1.54. The highest BCUT2D eigenvalue weighted by atomic mass is 35.5. The summed E-state index contributed by atoms with van der Waals surface area (Å²) >= 11 is 6.48. The summed E-state index contributed by atoms with van der Waals surface area (Å²) in [5.74, 6) is 0.724. The number of aromatic nitrogens is 4. The number of benzene rings is 2. The summed E-state index contributed by atoms with van der Waals surface area (Å²) in [5, 5.41) is 14.6. The number of nitrogens with one attached hydrogen (secondary N) is 2. The fourth-order valence-electron chi connectivity index (χ4n) is 3.24. The zero-order valence-electron chi connectivity index (χ0n) is 16.5. The van der Waals surface area contributed by atoms with Crippen molar-refractivity contribution in [3.63, 3.8) is 0 Å². The molecule has 0 radical (unpaired) electrons. The first kappa shape index (κ1) is 19.7. The Morgan fingerprint density at radius 1 is 1.17 bits per heavy atom. The number of anilines is 1. The van der Waals surface area contributed by atoms with Gasteiger partial charge >= 0.3 is 0 Å². The van der Waals surface area contributed by atoms with Crippen LogP contribution in [0.2, 0.25) is 5.15 Å². The van der Waals surface area contributed by atoms with Crippen LogP contribution < -0.4 is 10.1 Å². The van der Waals surface area contributed by atoms with Crippen molar-refractivity contribution < 1.29 is 9.53 Å². The van der Waals surface area contributed by atoms with Crippen LogP contribution in [-0.4, -0.2) is 33.0 Å². The topological polar surface area (TPSA) is 84.8 Å². The van der Waals surface area contributed by atoms with E-state index in [1.165, 1.54) is 0 Å². The predicted octanol–water partition coefficient (Wildman–Crippen LogP) is 4.54. The molecule has 152 valence electrons. The number of methoxy groups -OCH3 is 1. The Bertz CT molecular complexity index is 1180. The number of halogens is 1. The highest BCUT2D eigenvalue weighted by Gasteiger charge is 2.21. The molecule has 4 rings (SSSR count). The number of hydrogen-bond acceptors (Lipinski definition) is 4. The number of carbonyl (C=O) groups is 1. The van der Waals surface area contributed by atoms with Gasteiger partial charge in [-0.15, -0.1) is 0 Å². The monoisotopic (exact) mass is 421 g/mol. The van der Waals surface area contributed by atoms with E-state index in [9.17, 15) is 4.79 Å². The Morgan fingerprint density at radius 2 is 1.90 bits per heavy atom. The van der Waals surface area contributed by atoms with E-state index in [4.69, 9.17) is 16.3 Å². The first-order chi connectivity index (χ1) is 14.6. The minimum Gasteiger partial charge on any atom is -0.496 e. The fourth-order valence-corrected chi connectivity index (χ4v) is 3.56. The zero-order valence-corrected chi connectivity index (χ0v) is 17.3. The average Bonchev–Trinajstić information content (AvgIpc) is 3.32. The molecule has 0 fully saturated rings. The second-order valence-electron chi connectivity index (χ2n) is 6.72. The van der Waals surface area contributed by atoms with Gasteiger partial charge in [0.1, 0.15) is 10.9 Å². The molecule has 0 saturated carbocycles. The molecule has 2 N–H and O–H groups in total. The van der Waals surface area contributed by atoms with Gasteiger partial charge in [-0.05, 0) is 24.6 Å². The molecule has 0 bridgehead atoms. The van der Waals surface area contributed by atoms with Crippen molar-refractivity contribution in [2.75, 3.05) is 12.4 Å². The van der Waals surface area contributed by atoms with Crippen molar-refractivity contribution in [2.24, 2.45) is 0 Å². The van der Waals surface area contributed by atoms with Crippen LogP contribution in [0.25, 0.3) is 11.3 Å². The first-order valence-electron chi connectivity index (χ1n) is 9.34. The quantitative estimate of drug-likeness (QED) is 0.478. The van der Waals surface area contributed by atoms with Gasteiger partial charge in [0.05, 0.1) is 30.6 Å². The highest BCUT2D eigenvalue weighted by Crippen LogP contribution is 2.29. The van der Waals surface area contributed by atoms with E-state index < -0.39 is 0 Å². The summed E-state index contributed by atoms with van der Waals surface area (Å²) in [6.45, 7) is 2.24. The first-order valence-corrected chi connectivity index (χ1v) is 9.71. The molecule has 0 aliphatic carbocycles. The van der Waals surface area contributed by atoms with Gasteiger partial charge in [-0.25, -0.2) is 4.68 Å². The van der Waals surface area contributed by atoms with Gasteiger partial charge in [0, 0.05) is 11.6 Å². The standard InChI is InChI=1S/C22H20ClN5O2/c1-14-20(21(23)28(27-14)13-15-8-4-3-5-9-15)22(29)24-19-12-17(25-26-19)16-10-6-7-11-18(16)30-2/h3-12H,13H2,1-2H3,(H2,24,25,26,29). The number of para-hydroxylation sites is 1. The van der Waals surface area contributed by atoms with E-state index in [-0.39, 0.29) is 11.1 Å². The molecule has 2 aromatic heterocycles. The number of ether oxygens (including phenoxy) is 1. The van der Waals surface area contributed by atoms with Crippen molar-refractivity contribution >= 4 is 23.3 Å². The highest BCUT2D eigenvalue weighted by molar-refractivity contribution is 6.33. The maximum Gasteiger partial charge on any atom is 0.261 e. The smallest absolute Gasteiger partial charge is 0.261 e. The van der Waals surface area contributed by atoms with Gasteiger partial charge in [-0.3, -0.25) is 9.89 Å². The number of amides is 1. The average molecular weight is 422 g/mol. The zero-order chi connectivity index (χ0) is 21.1. The normalized spacial score (nSPS) is 10.8. The second-order valence-corrected chi connectivity index (χ2v) is 7.07. The van der Waals surface area contributed by atoms with Gasteiger partial charge in [-0.1, -0.05) is 54.1 Å². The number of hydrogen-bond donors (Lipinski definition) is 2. The van der Waals surface area contributed by atoms with Crippen molar-refractivity contribution in [1.82, 2.24) is 20.0 Å². The van der Waals surface area contributed by atoms with Crippen LogP contribution in [0.3, 0.4) is 0 Å². The van der Waals surface area contributed by atoms with E-state index in [1.54, 1.807) is 24.8 Å². The molecule has 0 aliphatic heterocycles. The fraction of sp³-hybridized carbons (Fsp3) is 0.136. The Morgan fingerprint density at radius 3 is 2.67 bits per heavy atom. The number of nitrogens with zero attached hydrogens (tertiary/aromatic N) is 3. The number of H-pyrrole nitrogens is 1. The molecular formula is C22H20ClN5O2. The summed E-state index contributed by atoms with van der Waals surface area (Å²) < 4.78 is 7.00. The molecular weight excluding hydrogens is 402 g/mol. The lowest BCUT2D eigenvalue weighted by atomic mass is 10.1. The minimum atomic E-state index is -0.366. The summed E-state index contributed by atoms with van der Waals surface area (Å²) in [7, 11) is 1.61. The van der Waals surface area contributed by atoms with Gasteiger partial charge in [-0.2, -0.15) is 10.2 Å². The van der Waals surface area contributed by atoms with Gasteiger partial charge in [0.2, 0.25) is 0 Å². The molecule has 30 heavy (non-hydrogen) atoms. The largest absolute Gasteiger partial charge is 0.496 e. The van der Waals surface area contributed by atoms with E-state index in [2.05, 4.69) is 20.6 Å². The van der Waals surface area contributed by atoms with Crippen LogP contribution in [0.4, 0.5) is 5.82 Å². The second kappa shape index (κ2) is 8.42. The Hall–Kier alpha value is -3.58. The van der Waals surface area contributed by atoms with E-state index >= 15 is 0 Å². The van der Waals surface area contributed by atoms with Gasteiger partial charge in [0.25, 0.3) is 5.91 Å². The molecule has 1 amide bonds. The molecule has 4 aromatic rings. The summed E-state index contributed by atoms with van der Waals surface area (Å²) in [6.07, 6.45) is 0. The molecule has 0 unspecified atom stereocenters. The molecule has 0 atom stereocenters. The van der Waals surface area contributed by atoms with E-state index in [0.717, 1.165) is 16.8 Å². The SMILES string of the molecule is COc1ccccc1-c1cc(NC(=O)c2c(C)nn(Cc3ccccc3)c2Cl)n[nH]1. The summed E-state index contributed by atoms with van der Waals surface area (Å²) in [4.78, 5) is 12.9. The Kier molecular flexibility index (Phi) is 5.54. The third-order valence-corrected chi connectivity index (χ3v) is 5.07. The predicted molar refractivity (Wildman–Crippen MR) is 116 cm³/mol. The third kappa shape index (κ3) is 3.92. The summed E-state index contributed by atoms with van der Waals surface area (Å²) in [5.41, 5.74) is 3.49. The molecule has 0 saturated heterocycles. The maximum atomic E-state index is 12.9. The third-order valence-electron chi connectivity index (χ3n) is 4.68. The summed E-state index contributed by atoms with van der Waals surface area (Å²) in [6, 6.07) is 19.1. The van der Waals surface area contributed by atoms with Crippen LogP contribution in [0, 0.1) is 6.92 Å². The number of rotatable bonds is 6.